The standard InChI is InChI=1S/C16H27N5O4S/c1-2-9-25-16(24)21-11-12(26)10-13(21)14(22)18-3-4-19-15(23)20-7-5-17-6-8-20/h2,12-13,17,26H,1,3-11H2,(H,18,22)(H,19,23)/t12-,13-/m0/s1. The molecule has 2 fully saturated rings. The Bertz CT molecular complexity index is 527. The van der Waals surface area contributed by atoms with Crippen LogP contribution in [0.5, 0.6) is 0 Å². The van der Waals surface area contributed by atoms with Gasteiger partial charge in [0.15, 0.2) is 0 Å². The molecule has 2 aliphatic rings. The number of carbonyl (C=O) groups is 3. The van der Waals surface area contributed by atoms with Gasteiger partial charge >= 0.3 is 12.1 Å². The van der Waals surface area contributed by atoms with E-state index in [4.69, 9.17) is 4.74 Å². The van der Waals surface area contributed by atoms with E-state index in [1.807, 2.05) is 0 Å². The SMILES string of the molecule is C=CCOC(=O)N1C[C@@H](S)C[C@H]1C(=O)NCCNC(=O)N1CCNCC1. The van der Waals surface area contributed by atoms with Crippen molar-refractivity contribution in [3.63, 3.8) is 0 Å². The number of amides is 4. The van der Waals surface area contributed by atoms with Crippen LogP contribution in [0.1, 0.15) is 6.42 Å². The highest BCUT2D eigenvalue weighted by atomic mass is 32.1. The van der Waals surface area contributed by atoms with Crippen LogP contribution in [0.25, 0.3) is 0 Å². The molecule has 0 unspecified atom stereocenters. The Morgan fingerprint density at radius 2 is 1.92 bits per heavy atom. The molecule has 2 saturated heterocycles. The van der Waals surface area contributed by atoms with Gasteiger partial charge in [0.05, 0.1) is 0 Å². The first kappa shape index (κ1) is 20.4. The monoisotopic (exact) mass is 385 g/mol. The summed E-state index contributed by atoms with van der Waals surface area (Å²) in [7, 11) is 0. The van der Waals surface area contributed by atoms with Gasteiger partial charge in [-0.05, 0) is 6.42 Å². The third-order valence-electron chi connectivity index (χ3n) is 4.25. The van der Waals surface area contributed by atoms with Gasteiger partial charge < -0.3 is 25.6 Å². The van der Waals surface area contributed by atoms with Crippen molar-refractivity contribution < 1.29 is 19.1 Å². The van der Waals surface area contributed by atoms with E-state index in [0.717, 1.165) is 13.1 Å². The summed E-state index contributed by atoms with van der Waals surface area (Å²) in [6.07, 6.45) is 1.39. The van der Waals surface area contributed by atoms with Gasteiger partial charge in [0, 0.05) is 51.1 Å². The van der Waals surface area contributed by atoms with E-state index in [1.165, 1.54) is 11.0 Å². The lowest BCUT2D eigenvalue weighted by atomic mass is 10.2. The zero-order valence-corrected chi connectivity index (χ0v) is 15.7. The van der Waals surface area contributed by atoms with E-state index in [9.17, 15) is 14.4 Å². The second-order valence-corrected chi connectivity index (χ2v) is 6.91. The summed E-state index contributed by atoms with van der Waals surface area (Å²) < 4.78 is 5.02. The quantitative estimate of drug-likeness (QED) is 0.278. The second kappa shape index (κ2) is 10.3. The number of ether oxygens (including phenoxy) is 1. The Hall–Kier alpha value is -1.94. The molecule has 0 spiro atoms. The fourth-order valence-electron chi connectivity index (χ4n) is 2.93. The van der Waals surface area contributed by atoms with Crippen molar-refractivity contribution >= 4 is 30.7 Å². The number of nitrogens with one attached hydrogen (secondary N) is 3. The minimum atomic E-state index is -0.612. The van der Waals surface area contributed by atoms with Gasteiger partial charge in [-0.2, -0.15) is 12.6 Å². The van der Waals surface area contributed by atoms with Gasteiger partial charge in [-0.15, -0.1) is 0 Å². The number of urea groups is 1. The molecule has 0 aliphatic carbocycles. The Kier molecular flexibility index (Phi) is 8.05. The van der Waals surface area contributed by atoms with E-state index in [2.05, 4.69) is 35.2 Å². The predicted octanol–water partition coefficient (Wildman–Crippen LogP) is -0.587. The summed E-state index contributed by atoms with van der Waals surface area (Å²) in [6.45, 7) is 7.48. The lowest BCUT2D eigenvalue weighted by Crippen LogP contribution is -2.52. The Morgan fingerprint density at radius 1 is 1.23 bits per heavy atom. The number of piperazine rings is 1. The molecule has 9 nitrogen and oxygen atoms in total. The first-order valence-electron chi connectivity index (χ1n) is 8.76. The molecule has 2 aliphatic heterocycles. The number of hydrogen-bond acceptors (Lipinski definition) is 6. The maximum atomic E-state index is 12.4. The van der Waals surface area contributed by atoms with Crippen molar-refractivity contribution in [3.8, 4) is 0 Å². The molecular weight excluding hydrogens is 358 g/mol. The first-order chi connectivity index (χ1) is 12.5. The molecule has 2 heterocycles. The molecule has 2 rings (SSSR count). The molecule has 2 atom stereocenters. The van der Waals surface area contributed by atoms with Crippen LogP contribution < -0.4 is 16.0 Å². The van der Waals surface area contributed by atoms with Crippen LogP contribution in [0.4, 0.5) is 9.59 Å². The van der Waals surface area contributed by atoms with E-state index >= 15 is 0 Å². The molecule has 0 bridgehead atoms. The van der Waals surface area contributed by atoms with E-state index < -0.39 is 12.1 Å². The van der Waals surface area contributed by atoms with Gasteiger partial charge in [0.2, 0.25) is 5.91 Å². The van der Waals surface area contributed by atoms with Crippen LogP contribution in [-0.2, 0) is 9.53 Å². The van der Waals surface area contributed by atoms with Gasteiger partial charge in [-0.3, -0.25) is 9.69 Å². The van der Waals surface area contributed by atoms with Crippen LogP contribution in [0.2, 0.25) is 0 Å². The van der Waals surface area contributed by atoms with E-state index in [0.29, 0.717) is 39.1 Å². The van der Waals surface area contributed by atoms with Crippen molar-refractivity contribution in [2.24, 2.45) is 0 Å². The third-order valence-corrected chi connectivity index (χ3v) is 4.62. The van der Waals surface area contributed by atoms with Gasteiger partial charge in [0.25, 0.3) is 0 Å². The molecule has 3 N–H and O–H groups in total. The van der Waals surface area contributed by atoms with Crippen molar-refractivity contribution in [2.75, 3.05) is 52.4 Å². The lowest BCUT2D eigenvalue weighted by molar-refractivity contribution is -0.125. The van der Waals surface area contributed by atoms with Crippen LogP contribution >= 0.6 is 12.6 Å². The van der Waals surface area contributed by atoms with Gasteiger partial charge in [-0.25, -0.2) is 9.59 Å². The predicted molar refractivity (Wildman–Crippen MR) is 100 cm³/mol. The Labute approximate surface area is 158 Å². The molecule has 26 heavy (non-hydrogen) atoms. The number of likely N-dealkylation sites (tertiary alicyclic amines) is 1. The molecule has 0 aromatic rings. The fourth-order valence-corrected chi connectivity index (χ4v) is 3.31. The topological polar surface area (TPSA) is 103 Å². The molecule has 0 aromatic carbocycles. The first-order valence-corrected chi connectivity index (χ1v) is 9.28. The zero-order chi connectivity index (χ0) is 18.9. The number of thiol groups is 1. The van der Waals surface area contributed by atoms with E-state index in [1.54, 1.807) is 4.90 Å². The van der Waals surface area contributed by atoms with Crippen molar-refractivity contribution in [2.45, 2.75) is 17.7 Å². The van der Waals surface area contributed by atoms with Gasteiger partial charge in [0.1, 0.15) is 12.6 Å². The summed E-state index contributed by atoms with van der Waals surface area (Å²) in [5, 5.41) is 8.64. The molecule has 146 valence electrons. The van der Waals surface area contributed by atoms with Crippen molar-refractivity contribution in [1.29, 1.82) is 0 Å². The lowest BCUT2D eigenvalue weighted by Gasteiger charge is -2.27. The van der Waals surface area contributed by atoms with Crippen molar-refractivity contribution in [3.05, 3.63) is 12.7 Å². The average Bonchev–Trinajstić information content (AvgIpc) is 3.05. The normalized spacial score (nSPS) is 22.7. The molecule has 0 radical (unpaired) electrons. The molecule has 0 aromatic heterocycles. The Morgan fingerprint density at radius 3 is 2.62 bits per heavy atom. The summed E-state index contributed by atoms with van der Waals surface area (Å²) in [5.41, 5.74) is 0. The van der Waals surface area contributed by atoms with Crippen LogP contribution in [0.15, 0.2) is 12.7 Å². The Balaban J connectivity index is 1.72. The van der Waals surface area contributed by atoms with Crippen LogP contribution in [0, 0.1) is 0 Å². The number of rotatable bonds is 6. The molecule has 0 saturated carbocycles. The fraction of sp³-hybridized carbons (Fsp3) is 0.688. The highest BCUT2D eigenvalue weighted by Crippen LogP contribution is 2.22. The van der Waals surface area contributed by atoms with E-state index in [-0.39, 0.29) is 23.8 Å². The molecule has 10 heteroatoms. The van der Waals surface area contributed by atoms with Crippen molar-refractivity contribution in [1.82, 2.24) is 25.8 Å². The zero-order valence-electron chi connectivity index (χ0n) is 14.8. The van der Waals surface area contributed by atoms with Gasteiger partial charge in [-0.1, -0.05) is 12.7 Å². The largest absolute Gasteiger partial charge is 0.445 e. The minimum Gasteiger partial charge on any atom is -0.445 e. The number of nitrogens with zero attached hydrogens (tertiary/aromatic N) is 2. The second-order valence-electron chi connectivity index (χ2n) is 6.18. The number of hydrogen-bond donors (Lipinski definition) is 4. The molecule has 4 amide bonds. The highest BCUT2D eigenvalue weighted by Gasteiger charge is 2.39. The summed E-state index contributed by atoms with van der Waals surface area (Å²) >= 11 is 4.37. The summed E-state index contributed by atoms with van der Waals surface area (Å²) in [5.74, 6) is -0.270. The minimum absolute atomic E-state index is 0.0746. The smallest absolute Gasteiger partial charge is 0.410 e. The summed E-state index contributed by atoms with van der Waals surface area (Å²) in [6, 6.07) is -0.745. The van der Waals surface area contributed by atoms with Crippen LogP contribution in [-0.4, -0.2) is 91.5 Å². The summed E-state index contributed by atoms with van der Waals surface area (Å²) in [4.78, 5) is 39.5. The van der Waals surface area contributed by atoms with Crippen LogP contribution in [0.3, 0.4) is 0 Å². The third kappa shape index (κ3) is 5.80. The number of carbonyl (C=O) groups excluding carboxylic acids is 3. The highest BCUT2D eigenvalue weighted by molar-refractivity contribution is 7.81. The maximum absolute atomic E-state index is 12.4. The average molecular weight is 385 g/mol. The maximum Gasteiger partial charge on any atom is 0.410 e. The molecular formula is C16H27N5O4S.